The van der Waals surface area contributed by atoms with Gasteiger partial charge in [-0.25, -0.2) is 0 Å². The van der Waals surface area contributed by atoms with E-state index < -0.39 is 0 Å². The predicted octanol–water partition coefficient (Wildman–Crippen LogP) is 2.42. The summed E-state index contributed by atoms with van der Waals surface area (Å²) in [7, 11) is 0. The smallest absolute Gasteiger partial charge is 0.221 e. The third kappa shape index (κ3) is 5.15. The van der Waals surface area contributed by atoms with Gasteiger partial charge in [0.15, 0.2) is 0 Å². The summed E-state index contributed by atoms with van der Waals surface area (Å²) in [5.41, 5.74) is 6.54. The molecule has 1 saturated heterocycles. The van der Waals surface area contributed by atoms with Crippen LogP contribution in [0.25, 0.3) is 0 Å². The molecule has 0 unspecified atom stereocenters. The van der Waals surface area contributed by atoms with Crippen LogP contribution in [0.15, 0.2) is 18.2 Å². The number of benzene rings is 1. The van der Waals surface area contributed by atoms with Gasteiger partial charge < -0.3 is 11.1 Å². The molecule has 1 aliphatic rings. The Morgan fingerprint density at radius 3 is 2.62 bits per heavy atom. The van der Waals surface area contributed by atoms with E-state index in [2.05, 4.69) is 10.2 Å². The first kappa shape index (κ1) is 16.6. The van der Waals surface area contributed by atoms with Crippen molar-refractivity contribution in [2.75, 3.05) is 19.6 Å². The lowest BCUT2D eigenvalue weighted by molar-refractivity contribution is -0.121. The average Bonchev–Trinajstić information content (AvgIpc) is 2.45. The first-order valence-corrected chi connectivity index (χ1v) is 8.00. The minimum absolute atomic E-state index is 0.0560. The Balaban J connectivity index is 1.78. The second-order valence-electron chi connectivity index (χ2n) is 5.41. The molecule has 0 aromatic heterocycles. The van der Waals surface area contributed by atoms with Crippen LogP contribution in [0.1, 0.15) is 24.8 Å². The normalized spacial score (nSPS) is 16.9. The lowest BCUT2D eigenvalue weighted by Gasteiger charge is -2.32. The summed E-state index contributed by atoms with van der Waals surface area (Å²) < 4.78 is 0. The van der Waals surface area contributed by atoms with Crippen LogP contribution in [-0.4, -0.2) is 36.5 Å². The highest BCUT2D eigenvalue weighted by molar-refractivity contribution is 6.42. The molecule has 0 bridgehead atoms. The van der Waals surface area contributed by atoms with Gasteiger partial charge in [0.2, 0.25) is 5.91 Å². The molecule has 1 aromatic rings. The monoisotopic (exact) mass is 329 g/mol. The van der Waals surface area contributed by atoms with E-state index in [1.807, 2.05) is 18.2 Å². The maximum atomic E-state index is 11.5. The second kappa shape index (κ2) is 7.99. The summed E-state index contributed by atoms with van der Waals surface area (Å²) in [6, 6.07) is 6.02. The Kier molecular flexibility index (Phi) is 6.30. The quantitative estimate of drug-likeness (QED) is 0.872. The third-order valence-corrected chi connectivity index (χ3v) is 4.45. The summed E-state index contributed by atoms with van der Waals surface area (Å²) in [5.74, 6) is 0.0560. The van der Waals surface area contributed by atoms with Crippen LogP contribution < -0.4 is 11.1 Å². The molecule has 116 valence electrons. The predicted molar refractivity (Wildman–Crippen MR) is 86.6 cm³/mol. The fourth-order valence-corrected chi connectivity index (χ4v) is 2.88. The minimum atomic E-state index is 0.0560. The van der Waals surface area contributed by atoms with Crippen molar-refractivity contribution in [1.82, 2.24) is 10.2 Å². The lowest BCUT2D eigenvalue weighted by atomic mass is 10.0. The Morgan fingerprint density at radius 2 is 2.00 bits per heavy atom. The van der Waals surface area contributed by atoms with E-state index in [4.69, 9.17) is 28.9 Å². The van der Waals surface area contributed by atoms with E-state index in [9.17, 15) is 4.79 Å². The van der Waals surface area contributed by atoms with Crippen LogP contribution in [0.5, 0.6) is 0 Å². The highest BCUT2D eigenvalue weighted by Crippen LogP contribution is 2.24. The Bertz CT molecular complexity index is 488. The fraction of sp³-hybridized carbons (Fsp3) is 0.533. The molecule has 0 aliphatic carbocycles. The van der Waals surface area contributed by atoms with Crippen LogP contribution in [-0.2, 0) is 11.3 Å². The molecule has 3 N–H and O–H groups in total. The summed E-state index contributed by atoms with van der Waals surface area (Å²) in [5, 5.41) is 4.22. The van der Waals surface area contributed by atoms with Gasteiger partial charge in [-0.15, -0.1) is 0 Å². The van der Waals surface area contributed by atoms with Gasteiger partial charge in [0.1, 0.15) is 0 Å². The summed E-state index contributed by atoms with van der Waals surface area (Å²) in [4.78, 5) is 13.9. The Labute approximate surface area is 135 Å². The van der Waals surface area contributed by atoms with Crippen molar-refractivity contribution in [1.29, 1.82) is 0 Å². The van der Waals surface area contributed by atoms with Gasteiger partial charge in [0.05, 0.1) is 10.0 Å². The maximum Gasteiger partial charge on any atom is 0.221 e. The zero-order chi connectivity index (χ0) is 15.2. The SMILES string of the molecule is NCCC(=O)NC1CCN(Cc2ccc(Cl)c(Cl)c2)CC1. The summed E-state index contributed by atoms with van der Waals surface area (Å²) in [6.45, 7) is 3.20. The molecule has 0 atom stereocenters. The Hall–Kier alpha value is -0.810. The highest BCUT2D eigenvalue weighted by atomic mass is 35.5. The van der Waals surface area contributed by atoms with E-state index >= 15 is 0 Å². The lowest BCUT2D eigenvalue weighted by Crippen LogP contribution is -2.44. The number of halogens is 2. The molecule has 0 spiro atoms. The molecular weight excluding hydrogens is 309 g/mol. The number of carbonyl (C=O) groups excluding carboxylic acids is 1. The highest BCUT2D eigenvalue weighted by Gasteiger charge is 2.20. The fourth-order valence-electron chi connectivity index (χ4n) is 2.56. The molecule has 21 heavy (non-hydrogen) atoms. The summed E-state index contributed by atoms with van der Waals surface area (Å²) >= 11 is 12.0. The van der Waals surface area contributed by atoms with Crippen molar-refractivity contribution in [2.24, 2.45) is 5.73 Å². The number of nitrogens with one attached hydrogen (secondary N) is 1. The standard InChI is InChI=1S/C15H21Cl2N3O/c16-13-2-1-11(9-14(13)17)10-20-7-4-12(5-8-20)19-15(21)3-6-18/h1-2,9,12H,3-8,10,18H2,(H,19,21). The molecule has 4 nitrogen and oxygen atoms in total. The zero-order valence-corrected chi connectivity index (χ0v) is 13.5. The number of hydrogen-bond donors (Lipinski definition) is 2. The van der Waals surface area contributed by atoms with Gasteiger partial charge in [-0.1, -0.05) is 29.3 Å². The topological polar surface area (TPSA) is 58.4 Å². The van der Waals surface area contributed by atoms with E-state index in [0.29, 0.717) is 23.0 Å². The van der Waals surface area contributed by atoms with E-state index in [1.165, 1.54) is 0 Å². The average molecular weight is 330 g/mol. The van der Waals surface area contributed by atoms with Gasteiger partial charge in [-0.3, -0.25) is 9.69 Å². The zero-order valence-electron chi connectivity index (χ0n) is 11.9. The van der Waals surface area contributed by atoms with Crippen LogP contribution in [0, 0.1) is 0 Å². The van der Waals surface area contributed by atoms with Crippen molar-refractivity contribution in [3.05, 3.63) is 33.8 Å². The molecule has 0 saturated carbocycles. The van der Waals surface area contributed by atoms with Crippen molar-refractivity contribution < 1.29 is 4.79 Å². The number of nitrogens with two attached hydrogens (primary N) is 1. The molecule has 1 amide bonds. The third-order valence-electron chi connectivity index (χ3n) is 3.71. The number of piperidine rings is 1. The van der Waals surface area contributed by atoms with Crippen LogP contribution in [0.3, 0.4) is 0 Å². The molecule has 1 aromatic carbocycles. The van der Waals surface area contributed by atoms with Crippen molar-refractivity contribution >= 4 is 29.1 Å². The number of hydrogen-bond acceptors (Lipinski definition) is 3. The molecule has 2 rings (SSSR count). The summed E-state index contributed by atoms with van der Waals surface area (Å²) in [6.07, 6.45) is 2.35. The molecule has 1 fully saturated rings. The number of amides is 1. The largest absolute Gasteiger partial charge is 0.353 e. The van der Waals surface area contributed by atoms with Crippen molar-refractivity contribution in [2.45, 2.75) is 31.8 Å². The first-order valence-electron chi connectivity index (χ1n) is 7.24. The minimum Gasteiger partial charge on any atom is -0.353 e. The van der Waals surface area contributed by atoms with E-state index in [-0.39, 0.29) is 11.9 Å². The molecule has 6 heteroatoms. The molecular formula is C15H21Cl2N3O. The molecule has 1 aliphatic heterocycles. The van der Waals surface area contributed by atoms with E-state index in [1.54, 1.807) is 0 Å². The van der Waals surface area contributed by atoms with Crippen LogP contribution >= 0.6 is 23.2 Å². The van der Waals surface area contributed by atoms with Crippen LogP contribution in [0.2, 0.25) is 10.0 Å². The van der Waals surface area contributed by atoms with Gasteiger partial charge >= 0.3 is 0 Å². The number of carbonyl (C=O) groups is 1. The first-order chi connectivity index (χ1) is 10.1. The maximum absolute atomic E-state index is 11.5. The Morgan fingerprint density at radius 1 is 1.29 bits per heavy atom. The number of likely N-dealkylation sites (tertiary alicyclic amines) is 1. The van der Waals surface area contributed by atoms with Crippen LogP contribution in [0.4, 0.5) is 0 Å². The van der Waals surface area contributed by atoms with Gasteiger partial charge in [-0.05, 0) is 30.5 Å². The van der Waals surface area contributed by atoms with Crippen molar-refractivity contribution in [3.63, 3.8) is 0 Å². The van der Waals surface area contributed by atoms with Gasteiger partial charge in [-0.2, -0.15) is 0 Å². The van der Waals surface area contributed by atoms with E-state index in [0.717, 1.165) is 38.0 Å². The number of nitrogens with zero attached hydrogens (tertiary/aromatic N) is 1. The molecule has 0 radical (unpaired) electrons. The van der Waals surface area contributed by atoms with Gasteiger partial charge in [0.25, 0.3) is 0 Å². The second-order valence-corrected chi connectivity index (χ2v) is 6.22. The van der Waals surface area contributed by atoms with Crippen molar-refractivity contribution in [3.8, 4) is 0 Å². The van der Waals surface area contributed by atoms with Gasteiger partial charge in [0, 0.05) is 38.6 Å². The number of rotatable bonds is 5. The molecule has 1 heterocycles.